The third-order valence-electron chi connectivity index (χ3n) is 6.22. The SMILES string of the molecule is O=C(CCc1nc2cc(Cl)ccc2n(Cc2ccccc2)c1=O)N1CCc2ccccc2C1. The van der Waals surface area contributed by atoms with Crippen LogP contribution in [-0.4, -0.2) is 26.9 Å². The summed E-state index contributed by atoms with van der Waals surface area (Å²) in [5.74, 6) is 0.0477. The molecule has 6 heteroatoms. The Morgan fingerprint density at radius 1 is 0.970 bits per heavy atom. The second-order valence-electron chi connectivity index (χ2n) is 8.40. The van der Waals surface area contributed by atoms with Crippen LogP contribution in [0.25, 0.3) is 11.0 Å². The van der Waals surface area contributed by atoms with Crippen LogP contribution in [0.4, 0.5) is 0 Å². The van der Waals surface area contributed by atoms with Crippen molar-refractivity contribution in [1.82, 2.24) is 14.5 Å². The standard InChI is InChI=1S/C27H24ClN3O2/c28-22-10-12-25-24(16-22)29-23(27(33)31(25)17-19-6-2-1-3-7-19)11-13-26(32)30-15-14-20-8-4-5-9-21(20)18-30/h1-10,12,16H,11,13-15,17-18H2. The number of nitrogens with zero attached hydrogens (tertiary/aromatic N) is 3. The third-order valence-corrected chi connectivity index (χ3v) is 6.45. The van der Waals surface area contributed by atoms with Gasteiger partial charge < -0.3 is 9.47 Å². The first kappa shape index (κ1) is 21.4. The van der Waals surface area contributed by atoms with Gasteiger partial charge in [-0.15, -0.1) is 0 Å². The van der Waals surface area contributed by atoms with Gasteiger partial charge >= 0.3 is 0 Å². The number of fused-ring (bicyclic) bond motifs is 2. The number of halogens is 1. The molecule has 2 heterocycles. The summed E-state index contributed by atoms with van der Waals surface area (Å²) in [6.07, 6.45) is 1.41. The zero-order valence-corrected chi connectivity index (χ0v) is 19.0. The Labute approximate surface area is 197 Å². The molecule has 0 atom stereocenters. The molecule has 4 aromatic rings. The lowest BCUT2D eigenvalue weighted by atomic mass is 9.99. The van der Waals surface area contributed by atoms with E-state index in [0.717, 1.165) is 17.5 Å². The molecule has 0 N–H and O–H groups in total. The van der Waals surface area contributed by atoms with Gasteiger partial charge in [0.15, 0.2) is 0 Å². The number of amides is 1. The van der Waals surface area contributed by atoms with Gasteiger partial charge in [0.1, 0.15) is 5.69 Å². The second kappa shape index (κ2) is 9.20. The van der Waals surface area contributed by atoms with Crippen LogP contribution in [0, 0.1) is 0 Å². The average Bonchev–Trinajstić information content (AvgIpc) is 2.84. The van der Waals surface area contributed by atoms with Crippen molar-refractivity contribution < 1.29 is 4.79 Å². The first-order valence-corrected chi connectivity index (χ1v) is 11.5. The van der Waals surface area contributed by atoms with Crippen LogP contribution in [0.15, 0.2) is 77.6 Å². The highest BCUT2D eigenvalue weighted by molar-refractivity contribution is 6.31. The normalized spacial score (nSPS) is 13.2. The number of hydrogen-bond acceptors (Lipinski definition) is 3. The number of hydrogen-bond donors (Lipinski definition) is 0. The molecule has 1 aliphatic heterocycles. The first-order chi connectivity index (χ1) is 16.1. The average molecular weight is 458 g/mol. The van der Waals surface area contributed by atoms with E-state index in [1.807, 2.05) is 53.4 Å². The first-order valence-electron chi connectivity index (χ1n) is 11.2. The summed E-state index contributed by atoms with van der Waals surface area (Å²) in [5, 5.41) is 0.564. The van der Waals surface area contributed by atoms with Crippen LogP contribution >= 0.6 is 11.6 Å². The Kier molecular flexibility index (Phi) is 5.97. The largest absolute Gasteiger partial charge is 0.338 e. The fraction of sp³-hybridized carbons (Fsp3) is 0.222. The molecule has 5 rings (SSSR count). The van der Waals surface area contributed by atoms with E-state index in [2.05, 4.69) is 17.1 Å². The minimum atomic E-state index is -0.162. The summed E-state index contributed by atoms with van der Waals surface area (Å²) in [6, 6.07) is 23.4. The maximum Gasteiger partial charge on any atom is 0.273 e. The zero-order chi connectivity index (χ0) is 22.8. The molecule has 0 spiro atoms. The van der Waals surface area contributed by atoms with E-state index in [1.165, 1.54) is 11.1 Å². The molecular weight excluding hydrogens is 434 g/mol. The van der Waals surface area contributed by atoms with E-state index in [4.69, 9.17) is 11.6 Å². The maximum atomic E-state index is 13.4. The van der Waals surface area contributed by atoms with Gasteiger partial charge in [0, 0.05) is 31.0 Å². The summed E-state index contributed by atoms with van der Waals surface area (Å²) >= 11 is 6.21. The quantitative estimate of drug-likeness (QED) is 0.439. The molecule has 1 amide bonds. The van der Waals surface area contributed by atoms with E-state index in [1.54, 1.807) is 16.7 Å². The summed E-state index contributed by atoms with van der Waals surface area (Å²) in [7, 11) is 0. The molecule has 0 saturated carbocycles. The lowest BCUT2D eigenvalue weighted by Gasteiger charge is -2.29. The van der Waals surface area contributed by atoms with Crippen molar-refractivity contribution in [2.45, 2.75) is 32.4 Å². The minimum Gasteiger partial charge on any atom is -0.338 e. The van der Waals surface area contributed by atoms with Crippen LogP contribution in [0.1, 0.15) is 28.8 Å². The number of benzene rings is 3. The van der Waals surface area contributed by atoms with Crippen molar-refractivity contribution >= 4 is 28.5 Å². The molecule has 0 saturated heterocycles. The summed E-state index contributed by atoms with van der Waals surface area (Å²) < 4.78 is 1.73. The van der Waals surface area contributed by atoms with Crippen molar-refractivity contribution in [3.05, 3.63) is 111 Å². The van der Waals surface area contributed by atoms with E-state index >= 15 is 0 Å². The molecule has 3 aromatic carbocycles. The van der Waals surface area contributed by atoms with E-state index in [0.29, 0.717) is 42.3 Å². The van der Waals surface area contributed by atoms with Gasteiger partial charge in [-0.2, -0.15) is 0 Å². The van der Waals surface area contributed by atoms with Crippen molar-refractivity contribution in [3.8, 4) is 0 Å². The zero-order valence-electron chi connectivity index (χ0n) is 18.2. The Morgan fingerprint density at radius 2 is 1.73 bits per heavy atom. The van der Waals surface area contributed by atoms with Crippen LogP contribution in [-0.2, 0) is 30.7 Å². The topological polar surface area (TPSA) is 55.2 Å². The predicted molar refractivity (Wildman–Crippen MR) is 130 cm³/mol. The number of carbonyl (C=O) groups excluding carboxylic acids is 1. The lowest BCUT2D eigenvalue weighted by Crippen LogP contribution is -2.36. The lowest BCUT2D eigenvalue weighted by molar-refractivity contribution is -0.132. The number of rotatable bonds is 5. The molecule has 5 nitrogen and oxygen atoms in total. The molecule has 33 heavy (non-hydrogen) atoms. The van der Waals surface area contributed by atoms with E-state index in [9.17, 15) is 9.59 Å². The molecule has 0 radical (unpaired) electrons. The predicted octanol–water partition coefficient (Wildman–Crippen LogP) is 4.62. The Hall–Kier alpha value is -3.44. The molecule has 0 fully saturated rings. The fourth-order valence-corrected chi connectivity index (χ4v) is 4.62. The number of aromatic nitrogens is 2. The summed E-state index contributed by atoms with van der Waals surface area (Å²) in [5.41, 5.74) is 5.15. The monoisotopic (exact) mass is 457 g/mol. The molecule has 166 valence electrons. The van der Waals surface area contributed by atoms with Crippen molar-refractivity contribution in [2.75, 3.05) is 6.54 Å². The van der Waals surface area contributed by atoms with Crippen molar-refractivity contribution in [3.63, 3.8) is 0 Å². The van der Waals surface area contributed by atoms with Gasteiger partial charge in [-0.25, -0.2) is 4.98 Å². The second-order valence-corrected chi connectivity index (χ2v) is 8.84. The molecule has 0 unspecified atom stereocenters. The van der Waals surface area contributed by atoms with Crippen LogP contribution in [0.3, 0.4) is 0 Å². The number of aryl methyl sites for hydroxylation is 1. The Bertz CT molecular complexity index is 1380. The van der Waals surface area contributed by atoms with Gasteiger partial charge in [0.25, 0.3) is 5.56 Å². The van der Waals surface area contributed by atoms with Crippen molar-refractivity contribution in [2.24, 2.45) is 0 Å². The van der Waals surface area contributed by atoms with Gasteiger partial charge in [-0.05, 0) is 41.3 Å². The smallest absolute Gasteiger partial charge is 0.273 e. The van der Waals surface area contributed by atoms with Gasteiger partial charge in [-0.3, -0.25) is 9.59 Å². The minimum absolute atomic E-state index is 0.0477. The Morgan fingerprint density at radius 3 is 2.55 bits per heavy atom. The molecule has 1 aromatic heterocycles. The van der Waals surface area contributed by atoms with Crippen LogP contribution < -0.4 is 5.56 Å². The van der Waals surface area contributed by atoms with Gasteiger partial charge in [-0.1, -0.05) is 66.2 Å². The van der Waals surface area contributed by atoms with Crippen LogP contribution in [0.2, 0.25) is 5.02 Å². The third kappa shape index (κ3) is 4.55. The van der Waals surface area contributed by atoms with Crippen LogP contribution in [0.5, 0.6) is 0 Å². The molecule has 1 aliphatic rings. The van der Waals surface area contributed by atoms with Gasteiger partial charge in [0.2, 0.25) is 5.91 Å². The number of carbonyl (C=O) groups is 1. The highest BCUT2D eigenvalue weighted by atomic mass is 35.5. The highest BCUT2D eigenvalue weighted by Gasteiger charge is 2.21. The van der Waals surface area contributed by atoms with Crippen molar-refractivity contribution in [1.29, 1.82) is 0 Å². The van der Waals surface area contributed by atoms with E-state index < -0.39 is 0 Å². The maximum absolute atomic E-state index is 13.4. The van der Waals surface area contributed by atoms with Gasteiger partial charge in [0.05, 0.1) is 17.6 Å². The molecular formula is C27H24ClN3O2. The fourth-order valence-electron chi connectivity index (χ4n) is 4.45. The summed E-state index contributed by atoms with van der Waals surface area (Å²) in [6.45, 7) is 1.76. The molecule has 0 aliphatic carbocycles. The van der Waals surface area contributed by atoms with E-state index in [-0.39, 0.29) is 17.9 Å². The molecule has 0 bridgehead atoms. The Balaban J connectivity index is 1.40. The highest BCUT2D eigenvalue weighted by Crippen LogP contribution is 2.21. The summed E-state index contributed by atoms with van der Waals surface area (Å²) in [4.78, 5) is 32.8.